The molecule has 0 aliphatic heterocycles. The first-order valence-corrected chi connectivity index (χ1v) is 5.67. The maximum atomic E-state index is 5.88. The molecule has 0 amide bonds. The molecule has 0 bridgehead atoms. The number of rotatable bonds is 2. The highest BCUT2D eigenvalue weighted by atomic mass is 35.5. The molecule has 2 aromatic heterocycles. The standard InChI is InChI=1S/C12H9ClN4O/c1-18-11-9-10(15-12(13)16-11)17(7-14-9)8-5-3-2-4-6-8/h2-7H,1H3. The number of fused-ring (bicyclic) bond motifs is 1. The first-order chi connectivity index (χ1) is 8.79. The van der Waals surface area contributed by atoms with Crippen molar-refractivity contribution in [1.29, 1.82) is 0 Å². The highest BCUT2D eigenvalue weighted by Crippen LogP contribution is 2.24. The number of hydrogen-bond donors (Lipinski definition) is 0. The van der Waals surface area contributed by atoms with Crippen molar-refractivity contribution in [3.8, 4) is 11.6 Å². The van der Waals surface area contributed by atoms with E-state index in [4.69, 9.17) is 16.3 Å². The van der Waals surface area contributed by atoms with Gasteiger partial charge in [-0.05, 0) is 23.7 Å². The highest BCUT2D eigenvalue weighted by Gasteiger charge is 2.13. The van der Waals surface area contributed by atoms with Crippen molar-refractivity contribution in [2.45, 2.75) is 0 Å². The van der Waals surface area contributed by atoms with Crippen LogP contribution in [0.1, 0.15) is 0 Å². The van der Waals surface area contributed by atoms with Crippen LogP contribution in [0.2, 0.25) is 5.28 Å². The lowest BCUT2D eigenvalue weighted by Crippen LogP contribution is -1.96. The Labute approximate surface area is 108 Å². The Hall–Kier alpha value is -2.14. The second-order valence-electron chi connectivity index (χ2n) is 3.62. The lowest BCUT2D eigenvalue weighted by atomic mass is 10.3. The van der Waals surface area contributed by atoms with E-state index >= 15 is 0 Å². The predicted molar refractivity (Wildman–Crippen MR) is 68.2 cm³/mol. The second kappa shape index (κ2) is 4.27. The topological polar surface area (TPSA) is 52.8 Å². The first-order valence-electron chi connectivity index (χ1n) is 5.29. The fourth-order valence-corrected chi connectivity index (χ4v) is 1.93. The largest absolute Gasteiger partial charge is 0.479 e. The van der Waals surface area contributed by atoms with Crippen LogP contribution in [-0.4, -0.2) is 26.6 Å². The van der Waals surface area contributed by atoms with Crippen LogP contribution in [0.3, 0.4) is 0 Å². The third-order valence-corrected chi connectivity index (χ3v) is 2.73. The summed E-state index contributed by atoms with van der Waals surface area (Å²) >= 11 is 5.88. The fourth-order valence-electron chi connectivity index (χ4n) is 1.77. The van der Waals surface area contributed by atoms with Gasteiger partial charge in [0.15, 0.2) is 11.2 Å². The zero-order valence-corrected chi connectivity index (χ0v) is 10.3. The van der Waals surface area contributed by atoms with Crippen molar-refractivity contribution in [1.82, 2.24) is 19.5 Å². The smallest absolute Gasteiger partial charge is 0.246 e. The van der Waals surface area contributed by atoms with Gasteiger partial charge in [-0.25, -0.2) is 4.98 Å². The van der Waals surface area contributed by atoms with E-state index in [9.17, 15) is 0 Å². The average molecular weight is 261 g/mol. The number of nitrogens with zero attached hydrogens (tertiary/aromatic N) is 4. The summed E-state index contributed by atoms with van der Waals surface area (Å²) in [5.74, 6) is 0.375. The highest BCUT2D eigenvalue weighted by molar-refractivity contribution is 6.28. The van der Waals surface area contributed by atoms with Crippen LogP contribution >= 0.6 is 11.6 Å². The van der Waals surface area contributed by atoms with Gasteiger partial charge >= 0.3 is 0 Å². The minimum atomic E-state index is 0.136. The van der Waals surface area contributed by atoms with Crippen molar-refractivity contribution in [3.05, 3.63) is 41.9 Å². The van der Waals surface area contributed by atoms with Crippen LogP contribution in [-0.2, 0) is 0 Å². The van der Waals surface area contributed by atoms with Crippen molar-refractivity contribution >= 4 is 22.8 Å². The first kappa shape index (κ1) is 11.0. The Morgan fingerprint density at radius 3 is 2.67 bits per heavy atom. The maximum absolute atomic E-state index is 5.88. The molecule has 0 saturated heterocycles. The van der Waals surface area contributed by atoms with Crippen LogP contribution in [0.15, 0.2) is 36.7 Å². The Morgan fingerprint density at radius 2 is 1.94 bits per heavy atom. The molecule has 0 spiro atoms. The van der Waals surface area contributed by atoms with Gasteiger partial charge in [0.1, 0.15) is 6.33 Å². The van der Waals surface area contributed by atoms with E-state index in [-0.39, 0.29) is 5.28 Å². The number of para-hydroxylation sites is 1. The summed E-state index contributed by atoms with van der Waals surface area (Å²) in [4.78, 5) is 12.4. The molecule has 90 valence electrons. The van der Waals surface area contributed by atoms with Gasteiger partial charge in [-0.3, -0.25) is 4.57 Å². The second-order valence-corrected chi connectivity index (χ2v) is 3.96. The Morgan fingerprint density at radius 1 is 1.17 bits per heavy atom. The third-order valence-electron chi connectivity index (χ3n) is 2.56. The lowest BCUT2D eigenvalue weighted by Gasteiger charge is -2.04. The zero-order valence-electron chi connectivity index (χ0n) is 9.54. The van der Waals surface area contributed by atoms with Crippen LogP contribution in [0.5, 0.6) is 5.88 Å². The van der Waals surface area contributed by atoms with Gasteiger partial charge in [0.2, 0.25) is 11.2 Å². The lowest BCUT2D eigenvalue weighted by molar-refractivity contribution is 0.402. The van der Waals surface area contributed by atoms with Gasteiger partial charge in [-0.2, -0.15) is 9.97 Å². The number of benzene rings is 1. The summed E-state index contributed by atoms with van der Waals surface area (Å²) in [5, 5.41) is 0.136. The minimum absolute atomic E-state index is 0.136. The van der Waals surface area contributed by atoms with Gasteiger partial charge in [0.25, 0.3) is 0 Å². The van der Waals surface area contributed by atoms with E-state index < -0.39 is 0 Å². The van der Waals surface area contributed by atoms with Gasteiger partial charge in [0.05, 0.1) is 7.11 Å². The maximum Gasteiger partial charge on any atom is 0.246 e. The molecule has 0 unspecified atom stereocenters. The van der Waals surface area contributed by atoms with E-state index in [2.05, 4.69) is 15.0 Å². The predicted octanol–water partition coefficient (Wildman–Crippen LogP) is 2.48. The summed E-state index contributed by atoms with van der Waals surface area (Å²) in [5.41, 5.74) is 2.17. The average Bonchev–Trinajstić information content (AvgIpc) is 2.82. The monoisotopic (exact) mass is 260 g/mol. The van der Waals surface area contributed by atoms with Crippen LogP contribution < -0.4 is 4.74 Å². The zero-order chi connectivity index (χ0) is 12.5. The normalized spacial score (nSPS) is 10.8. The molecule has 3 rings (SSSR count). The molecule has 1 aromatic carbocycles. The number of aromatic nitrogens is 4. The molecule has 6 heteroatoms. The molecule has 0 aliphatic carbocycles. The van der Waals surface area contributed by atoms with E-state index in [0.717, 1.165) is 5.69 Å². The van der Waals surface area contributed by atoms with Crippen molar-refractivity contribution in [2.75, 3.05) is 7.11 Å². The molecule has 0 fully saturated rings. The molecule has 0 atom stereocenters. The molecule has 0 radical (unpaired) electrons. The van der Waals surface area contributed by atoms with Gasteiger partial charge in [-0.1, -0.05) is 18.2 Å². The summed E-state index contributed by atoms with van der Waals surface area (Å²) in [7, 11) is 1.53. The molecule has 2 heterocycles. The van der Waals surface area contributed by atoms with Gasteiger partial charge in [-0.15, -0.1) is 0 Å². The molecule has 0 saturated carbocycles. The number of methoxy groups -OCH3 is 1. The summed E-state index contributed by atoms with van der Waals surface area (Å²) in [6, 6.07) is 9.76. The number of hydrogen-bond acceptors (Lipinski definition) is 4. The molecular formula is C12H9ClN4O. The Balaban J connectivity index is 2.30. The summed E-state index contributed by atoms with van der Waals surface area (Å²) in [6.45, 7) is 0. The van der Waals surface area contributed by atoms with E-state index in [1.54, 1.807) is 6.33 Å². The quantitative estimate of drug-likeness (QED) is 0.664. The summed E-state index contributed by atoms with van der Waals surface area (Å²) in [6.07, 6.45) is 1.67. The van der Waals surface area contributed by atoms with Crippen molar-refractivity contribution in [2.24, 2.45) is 0 Å². The molecule has 3 aromatic rings. The minimum Gasteiger partial charge on any atom is -0.479 e. The fraction of sp³-hybridized carbons (Fsp3) is 0.0833. The SMILES string of the molecule is COc1nc(Cl)nc2c1ncn2-c1ccccc1. The Kier molecular flexibility index (Phi) is 2.60. The molecule has 18 heavy (non-hydrogen) atoms. The molecule has 0 aliphatic rings. The Bertz CT molecular complexity index is 696. The van der Waals surface area contributed by atoms with E-state index in [0.29, 0.717) is 17.0 Å². The van der Waals surface area contributed by atoms with Gasteiger partial charge < -0.3 is 4.74 Å². The van der Waals surface area contributed by atoms with Crippen molar-refractivity contribution < 1.29 is 4.74 Å². The number of halogens is 1. The summed E-state index contributed by atoms with van der Waals surface area (Å²) < 4.78 is 6.98. The van der Waals surface area contributed by atoms with Crippen LogP contribution in [0, 0.1) is 0 Å². The molecular weight excluding hydrogens is 252 g/mol. The van der Waals surface area contributed by atoms with E-state index in [1.807, 2.05) is 34.9 Å². The molecule has 5 nitrogen and oxygen atoms in total. The third kappa shape index (κ3) is 1.69. The van der Waals surface area contributed by atoms with E-state index in [1.165, 1.54) is 7.11 Å². The number of imidazole rings is 1. The molecule has 0 N–H and O–H groups in total. The van der Waals surface area contributed by atoms with Crippen LogP contribution in [0.4, 0.5) is 0 Å². The van der Waals surface area contributed by atoms with Gasteiger partial charge in [0, 0.05) is 5.69 Å². The number of ether oxygens (including phenoxy) is 1. The van der Waals surface area contributed by atoms with Crippen molar-refractivity contribution in [3.63, 3.8) is 0 Å². The van der Waals surface area contributed by atoms with Crippen LogP contribution in [0.25, 0.3) is 16.9 Å².